The summed E-state index contributed by atoms with van der Waals surface area (Å²) in [5.74, 6) is 5.70. The van der Waals surface area contributed by atoms with Gasteiger partial charge < -0.3 is 0 Å². The lowest BCUT2D eigenvalue weighted by Gasteiger charge is -2.18. The summed E-state index contributed by atoms with van der Waals surface area (Å²) < 4.78 is 0. The first-order valence-corrected chi connectivity index (χ1v) is 7.24. The van der Waals surface area contributed by atoms with Gasteiger partial charge in [-0.2, -0.15) is 0 Å². The molecule has 0 aromatic heterocycles. The van der Waals surface area contributed by atoms with Crippen molar-refractivity contribution in [2.24, 2.45) is 5.84 Å². The van der Waals surface area contributed by atoms with Crippen molar-refractivity contribution in [1.29, 1.82) is 0 Å². The van der Waals surface area contributed by atoms with Crippen LogP contribution in [-0.4, -0.2) is 0 Å². The standard InChI is InChI=1S/C16H18Cl2N2/c1-10-3-4-11(2)13(7-10)9-16(20-19)12-5-6-14(17)15(18)8-12/h3-8,16,20H,9,19H2,1-2H3. The highest BCUT2D eigenvalue weighted by atomic mass is 35.5. The maximum atomic E-state index is 6.07. The fourth-order valence-electron chi connectivity index (χ4n) is 2.24. The molecule has 0 fully saturated rings. The fourth-order valence-corrected chi connectivity index (χ4v) is 2.55. The molecule has 0 amide bonds. The Kier molecular flexibility index (Phi) is 5.06. The van der Waals surface area contributed by atoms with E-state index < -0.39 is 0 Å². The SMILES string of the molecule is Cc1ccc(C)c(CC(NN)c2ccc(Cl)c(Cl)c2)c1. The first-order valence-electron chi connectivity index (χ1n) is 6.48. The number of aryl methyl sites for hydroxylation is 2. The van der Waals surface area contributed by atoms with Gasteiger partial charge in [-0.15, -0.1) is 0 Å². The van der Waals surface area contributed by atoms with Gasteiger partial charge in [-0.05, 0) is 49.1 Å². The van der Waals surface area contributed by atoms with Gasteiger partial charge in [0.15, 0.2) is 0 Å². The molecular formula is C16H18Cl2N2. The third kappa shape index (κ3) is 3.53. The quantitative estimate of drug-likeness (QED) is 0.650. The maximum absolute atomic E-state index is 6.07. The van der Waals surface area contributed by atoms with Gasteiger partial charge in [-0.25, -0.2) is 0 Å². The minimum absolute atomic E-state index is 0.00488. The summed E-state index contributed by atoms with van der Waals surface area (Å²) in [7, 11) is 0. The van der Waals surface area contributed by atoms with E-state index in [2.05, 4.69) is 37.5 Å². The molecule has 0 spiro atoms. The van der Waals surface area contributed by atoms with Crippen LogP contribution in [-0.2, 0) is 6.42 Å². The van der Waals surface area contributed by atoms with Crippen LogP contribution in [0.3, 0.4) is 0 Å². The molecule has 106 valence electrons. The molecule has 1 atom stereocenters. The minimum Gasteiger partial charge on any atom is -0.271 e. The summed E-state index contributed by atoms with van der Waals surface area (Å²) in [6, 6.07) is 12.0. The number of hydrogen-bond donors (Lipinski definition) is 2. The number of nitrogens with one attached hydrogen (secondary N) is 1. The van der Waals surface area contributed by atoms with Gasteiger partial charge >= 0.3 is 0 Å². The largest absolute Gasteiger partial charge is 0.271 e. The monoisotopic (exact) mass is 308 g/mol. The molecule has 0 heterocycles. The third-order valence-electron chi connectivity index (χ3n) is 3.48. The van der Waals surface area contributed by atoms with E-state index in [0.29, 0.717) is 10.0 Å². The van der Waals surface area contributed by atoms with Crippen molar-refractivity contribution in [2.75, 3.05) is 0 Å². The predicted molar refractivity (Wildman–Crippen MR) is 86.1 cm³/mol. The number of hydrogen-bond acceptors (Lipinski definition) is 2. The Balaban J connectivity index is 2.28. The van der Waals surface area contributed by atoms with Gasteiger partial charge in [0.1, 0.15) is 0 Å². The molecule has 2 rings (SSSR count). The molecule has 0 radical (unpaired) electrons. The van der Waals surface area contributed by atoms with Gasteiger partial charge in [0.2, 0.25) is 0 Å². The Morgan fingerprint density at radius 3 is 2.45 bits per heavy atom. The lowest BCUT2D eigenvalue weighted by Crippen LogP contribution is -2.29. The average molecular weight is 309 g/mol. The van der Waals surface area contributed by atoms with E-state index in [-0.39, 0.29) is 6.04 Å². The van der Waals surface area contributed by atoms with E-state index in [1.165, 1.54) is 16.7 Å². The predicted octanol–water partition coefficient (Wildman–Crippen LogP) is 4.36. The van der Waals surface area contributed by atoms with Crippen molar-refractivity contribution in [2.45, 2.75) is 26.3 Å². The van der Waals surface area contributed by atoms with E-state index >= 15 is 0 Å². The number of hydrazine groups is 1. The Labute approximate surface area is 129 Å². The molecule has 3 N–H and O–H groups in total. The van der Waals surface area contributed by atoms with E-state index in [0.717, 1.165) is 12.0 Å². The van der Waals surface area contributed by atoms with Gasteiger partial charge in [0.25, 0.3) is 0 Å². The minimum atomic E-state index is 0.00488. The van der Waals surface area contributed by atoms with Crippen LogP contribution < -0.4 is 11.3 Å². The molecule has 0 saturated carbocycles. The third-order valence-corrected chi connectivity index (χ3v) is 4.21. The summed E-state index contributed by atoms with van der Waals surface area (Å²) in [6.07, 6.45) is 0.808. The van der Waals surface area contributed by atoms with Crippen LogP contribution in [0, 0.1) is 13.8 Å². The number of halogens is 2. The molecular weight excluding hydrogens is 291 g/mol. The topological polar surface area (TPSA) is 38.0 Å². The van der Waals surface area contributed by atoms with E-state index in [9.17, 15) is 0 Å². The van der Waals surface area contributed by atoms with Crippen molar-refractivity contribution in [3.63, 3.8) is 0 Å². The van der Waals surface area contributed by atoms with Crippen LogP contribution in [0.1, 0.15) is 28.3 Å². The fraction of sp³-hybridized carbons (Fsp3) is 0.250. The van der Waals surface area contributed by atoms with Crippen LogP contribution in [0.15, 0.2) is 36.4 Å². The molecule has 0 saturated heterocycles. The molecule has 4 heteroatoms. The molecule has 0 aliphatic carbocycles. The van der Waals surface area contributed by atoms with Crippen molar-refractivity contribution in [1.82, 2.24) is 5.43 Å². The highest BCUT2D eigenvalue weighted by Crippen LogP contribution is 2.27. The van der Waals surface area contributed by atoms with Crippen molar-refractivity contribution < 1.29 is 0 Å². The smallest absolute Gasteiger partial charge is 0.0595 e. The van der Waals surface area contributed by atoms with Crippen molar-refractivity contribution >= 4 is 23.2 Å². The maximum Gasteiger partial charge on any atom is 0.0595 e. The van der Waals surface area contributed by atoms with Gasteiger partial charge in [0, 0.05) is 0 Å². The summed E-state index contributed by atoms with van der Waals surface area (Å²) >= 11 is 12.0. The second-order valence-electron chi connectivity index (χ2n) is 5.03. The summed E-state index contributed by atoms with van der Waals surface area (Å²) in [5, 5.41) is 1.10. The van der Waals surface area contributed by atoms with Crippen molar-refractivity contribution in [3.05, 3.63) is 68.7 Å². The Morgan fingerprint density at radius 2 is 1.80 bits per heavy atom. The highest BCUT2D eigenvalue weighted by Gasteiger charge is 2.13. The molecule has 0 aliphatic rings. The van der Waals surface area contributed by atoms with Crippen LogP contribution in [0.2, 0.25) is 10.0 Å². The van der Waals surface area contributed by atoms with Crippen LogP contribution in [0.5, 0.6) is 0 Å². The molecule has 2 nitrogen and oxygen atoms in total. The van der Waals surface area contributed by atoms with E-state index in [1.54, 1.807) is 6.07 Å². The van der Waals surface area contributed by atoms with Crippen LogP contribution in [0.25, 0.3) is 0 Å². The number of benzene rings is 2. The summed E-state index contributed by atoms with van der Waals surface area (Å²) in [5.41, 5.74) is 7.67. The number of rotatable bonds is 4. The molecule has 2 aromatic rings. The van der Waals surface area contributed by atoms with E-state index in [4.69, 9.17) is 29.0 Å². The van der Waals surface area contributed by atoms with Gasteiger partial charge in [-0.1, -0.05) is 53.0 Å². The summed E-state index contributed by atoms with van der Waals surface area (Å²) in [4.78, 5) is 0. The van der Waals surface area contributed by atoms with Crippen molar-refractivity contribution in [3.8, 4) is 0 Å². The Morgan fingerprint density at radius 1 is 1.05 bits per heavy atom. The second kappa shape index (κ2) is 6.59. The lowest BCUT2D eigenvalue weighted by atomic mass is 9.95. The normalized spacial score (nSPS) is 12.4. The number of nitrogens with two attached hydrogens (primary N) is 1. The first-order chi connectivity index (χ1) is 9.51. The Bertz CT molecular complexity index is 611. The van der Waals surface area contributed by atoms with E-state index in [1.807, 2.05) is 12.1 Å². The van der Waals surface area contributed by atoms with Gasteiger partial charge in [-0.3, -0.25) is 11.3 Å². The zero-order valence-electron chi connectivity index (χ0n) is 11.6. The molecule has 0 aliphatic heterocycles. The summed E-state index contributed by atoms with van der Waals surface area (Å²) in [6.45, 7) is 4.20. The Hall–Kier alpha value is -1.06. The lowest BCUT2D eigenvalue weighted by molar-refractivity contribution is 0.551. The molecule has 1 unspecified atom stereocenters. The molecule has 0 bridgehead atoms. The average Bonchev–Trinajstić information content (AvgIpc) is 2.43. The molecule has 20 heavy (non-hydrogen) atoms. The van der Waals surface area contributed by atoms with Gasteiger partial charge in [0.05, 0.1) is 16.1 Å². The zero-order valence-corrected chi connectivity index (χ0v) is 13.1. The van der Waals surface area contributed by atoms with Crippen LogP contribution >= 0.6 is 23.2 Å². The zero-order chi connectivity index (χ0) is 14.7. The highest BCUT2D eigenvalue weighted by molar-refractivity contribution is 6.42. The molecule has 2 aromatic carbocycles. The second-order valence-corrected chi connectivity index (χ2v) is 5.84. The van der Waals surface area contributed by atoms with Crippen LogP contribution in [0.4, 0.5) is 0 Å². The first kappa shape index (κ1) is 15.3.